The topological polar surface area (TPSA) is 30.7 Å². The number of nitrogens with zero attached hydrogens (tertiary/aromatic N) is 3. The summed E-state index contributed by atoms with van der Waals surface area (Å²) in [5.41, 5.74) is 1.05. The minimum atomic E-state index is -4.37. The van der Waals surface area contributed by atoms with Crippen LogP contribution in [0.15, 0.2) is 24.5 Å². The molecule has 18 heavy (non-hydrogen) atoms. The molecule has 0 saturated carbocycles. The second kappa shape index (κ2) is 4.72. The predicted octanol–water partition coefficient (Wildman–Crippen LogP) is 3.49. The molecular weight excluding hydrogens is 311 g/mol. The van der Waals surface area contributed by atoms with Crippen molar-refractivity contribution >= 4 is 15.9 Å². The summed E-state index contributed by atoms with van der Waals surface area (Å²) in [6.45, 7) is 1.84. The highest BCUT2D eigenvalue weighted by Gasteiger charge is 2.30. The van der Waals surface area contributed by atoms with Crippen molar-refractivity contribution in [3.8, 4) is 5.82 Å². The Morgan fingerprint density at radius 1 is 1.28 bits per heavy atom. The zero-order chi connectivity index (χ0) is 13.3. The zero-order valence-electron chi connectivity index (χ0n) is 9.37. The monoisotopic (exact) mass is 319 g/mol. The third-order valence-electron chi connectivity index (χ3n) is 2.55. The van der Waals surface area contributed by atoms with Gasteiger partial charge in [0.25, 0.3) is 0 Å². The van der Waals surface area contributed by atoms with E-state index in [1.807, 2.05) is 6.92 Å². The summed E-state index contributed by atoms with van der Waals surface area (Å²) in [5.74, 6) is 0.368. The summed E-state index contributed by atoms with van der Waals surface area (Å²) >= 11 is 3.31. The van der Waals surface area contributed by atoms with Crippen molar-refractivity contribution in [1.82, 2.24) is 14.8 Å². The molecule has 2 rings (SSSR count). The summed E-state index contributed by atoms with van der Waals surface area (Å²) in [4.78, 5) is 3.79. The third kappa shape index (κ3) is 2.40. The molecule has 2 aromatic rings. The van der Waals surface area contributed by atoms with Crippen molar-refractivity contribution in [3.05, 3.63) is 41.3 Å². The normalized spacial score (nSPS) is 11.8. The highest BCUT2D eigenvalue weighted by molar-refractivity contribution is 9.08. The van der Waals surface area contributed by atoms with Gasteiger partial charge in [-0.25, -0.2) is 9.67 Å². The lowest BCUT2D eigenvalue weighted by atomic mass is 10.2. The molecule has 0 amide bonds. The summed E-state index contributed by atoms with van der Waals surface area (Å²) < 4.78 is 38.7. The van der Waals surface area contributed by atoms with Gasteiger partial charge in [0.15, 0.2) is 5.82 Å². The summed E-state index contributed by atoms with van der Waals surface area (Å²) in [6.07, 6.45) is -1.90. The van der Waals surface area contributed by atoms with Gasteiger partial charge in [-0.1, -0.05) is 15.9 Å². The number of pyridine rings is 1. The number of aromatic nitrogens is 3. The smallest absolute Gasteiger partial charge is 0.236 e. The van der Waals surface area contributed by atoms with Gasteiger partial charge in [-0.3, -0.25) is 0 Å². The third-order valence-corrected chi connectivity index (χ3v) is 3.15. The van der Waals surface area contributed by atoms with E-state index in [-0.39, 0.29) is 0 Å². The molecule has 2 heterocycles. The molecule has 3 nitrogen and oxygen atoms in total. The minimum Gasteiger partial charge on any atom is -0.236 e. The average Bonchev–Trinajstić information content (AvgIpc) is 2.69. The van der Waals surface area contributed by atoms with Crippen LogP contribution in [-0.2, 0) is 11.5 Å². The van der Waals surface area contributed by atoms with Crippen LogP contribution in [0.5, 0.6) is 0 Å². The number of rotatable bonds is 2. The van der Waals surface area contributed by atoms with E-state index in [4.69, 9.17) is 0 Å². The van der Waals surface area contributed by atoms with Crippen molar-refractivity contribution in [3.63, 3.8) is 0 Å². The van der Waals surface area contributed by atoms with Crippen molar-refractivity contribution < 1.29 is 13.2 Å². The molecule has 0 aliphatic heterocycles. The second-order valence-corrected chi connectivity index (χ2v) is 4.26. The van der Waals surface area contributed by atoms with Crippen LogP contribution in [-0.4, -0.2) is 14.8 Å². The number of hydrogen-bond acceptors (Lipinski definition) is 2. The Bertz CT molecular complexity index is 546. The van der Waals surface area contributed by atoms with E-state index in [9.17, 15) is 13.2 Å². The lowest BCUT2D eigenvalue weighted by molar-refractivity contribution is -0.137. The summed E-state index contributed by atoms with van der Waals surface area (Å²) in [7, 11) is 0. The number of halogens is 4. The fourth-order valence-electron chi connectivity index (χ4n) is 1.48. The molecule has 0 aliphatic carbocycles. The average molecular weight is 320 g/mol. The summed E-state index contributed by atoms with van der Waals surface area (Å²) in [6, 6.07) is 2.30. The highest BCUT2D eigenvalue weighted by atomic mass is 79.9. The van der Waals surface area contributed by atoms with Gasteiger partial charge >= 0.3 is 6.18 Å². The largest absolute Gasteiger partial charge is 0.417 e. The van der Waals surface area contributed by atoms with Crippen molar-refractivity contribution in [2.45, 2.75) is 18.4 Å². The summed E-state index contributed by atoms with van der Waals surface area (Å²) in [5, 5.41) is 4.73. The van der Waals surface area contributed by atoms with Crippen LogP contribution >= 0.6 is 15.9 Å². The SMILES string of the molecule is Cc1c(CBr)cnn1-c1ccc(C(F)(F)F)cn1. The quantitative estimate of drug-likeness (QED) is 0.793. The van der Waals surface area contributed by atoms with Crippen LogP contribution < -0.4 is 0 Å². The van der Waals surface area contributed by atoms with E-state index >= 15 is 0 Å². The van der Waals surface area contributed by atoms with Gasteiger partial charge in [0.05, 0.1) is 11.8 Å². The van der Waals surface area contributed by atoms with E-state index in [0.717, 1.165) is 23.5 Å². The van der Waals surface area contributed by atoms with Crippen LogP contribution in [0.25, 0.3) is 5.82 Å². The van der Waals surface area contributed by atoms with E-state index in [1.165, 1.54) is 10.7 Å². The Labute approximate surface area is 110 Å². The molecule has 0 radical (unpaired) electrons. The van der Waals surface area contributed by atoms with Crippen LogP contribution in [0.3, 0.4) is 0 Å². The van der Waals surface area contributed by atoms with Crippen LogP contribution in [0.2, 0.25) is 0 Å². The van der Waals surface area contributed by atoms with Gasteiger partial charge < -0.3 is 0 Å². The molecule has 7 heteroatoms. The number of hydrogen-bond donors (Lipinski definition) is 0. The molecule has 0 atom stereocenters. The molecule has 0 saturated heterocycles. The van der Waals surface area contributed by atoms with Crippen LogP contribution in [0.4, 0.5) is 13.2 Å². The van der Waals surface area contributed by atoms with E-state index in [0.29, 0.717) is 11.1 Å². The van der Waals surface area contributed by atoms with Crippen LogP contribution in [0, 0.1) is 6.92 Å². The molecule has 0 N–H and O–H groups in total. The Morgan fingerprint density at radius 3 is 2.44 bits per heavy atom. The van der Waals surface area contributed by atoms with Crippen molar-refractivity contribution in [2.75, 3.05) is 0 Å². The molecule has 96 valence electrons. The molecule has 0 spiro atoms. The van der Waals surface area contributed by atoms with Gasteiger partial charge in [-0.05, 0) is 19.1 Å². The Balaban J connectivity index is 2.37. The minimum absolute atomic E-state index is 0.368. The maximum atomic E-state index is 12.4. The first-order chi connectivity index (χ1) is 8.43. The highest BCUT2D eigenvalue weighted by Crippen LogP contribution is 2.28. The lowest BCUT2D eigenvalue weighted by Crippen LogP contribution is -2.08. The molecule has 0 fully saturated rings. The van der Waals surface area contributed by atoms with Gasteiger partial charge in [0, 0.05) is 22.8 Å². The standard InChI is InChI=1S/C11H9BrF3N3/c1-7-8(4-12)5-17-18(7)10-3-2-9(6-16-10)11(13,14)15/h2-3,5-6H,4H2,1H3. The molecular formula is C11H9BrF3N3. The Kier molecular flexibility index (Phi) is 3.43. The fourth-order valence-corrected chi connectivity index (χ4v) is 2.04. The molecule has 0 unspecified atom stereocenters. The first-order valence-corrected chi connectivity index (χ1v) is 6.18. The van der Waals surface area contributed by atoms with E-state index in [2.05, 4.69) is 26.0 Å². The Morgan fingerprint density at radius 2 is 2.00 bits per heavy atom. The van der Waals surface area contributed by atoms with Gasteiger partial charge in [0.2, 0.25) is 0 Å². The lowest BCUT2D eigenvalue weighted by Gasteiger charge is -2.08. The van der Waals surface area contributed by atoms with Gasteiger partial charge in [-0.2, -0.15) is 18.3 Å². The van der Waals surface area contributed by atoms with Gasteiger partial charge in [-0.15, -0.1) is 0 Å². The van der Waals surface area contributed by atoms with E-state index < -0.39 is 11.7 Å². The van der Waals surface area contributed by atoms with Crippen molar-refractivity contribution in [2.24, 2.45) is 0 Å². The first kappa shape index (κ1) is 13.1. The van der Waals surface area contributed by atoms with Crippen LogP contribution in [0.1, 0.15) is 16.8 Å². The maximum Gasteiger partial charge on any atom is 0.417 e. The fraction of sp³-hybridized carbons (Fsp3) is 0.273. The molecule has 2 aromatic heterocycles. The predicted molar refractivity (Wildman–Crippen MR) is 63.7 cm³/mol. The maximum absolute atomic E-state index is 12.4. The van der Waals surface area contributed by atoms with Crippen molar-refractivity contribution in [1.29, 1.82) is 0 Å². The first-order valence-electron chi connectivity index (χ1n) is 5.06. The molecule has 0 bridgehead atoms. The molecule has 0 aromatic carbocycles. The molecule has 0 aliphatic rings. The Hall–Kier alpha value is -1.37. The number of alkyl halides is 4. The van der Waals surface area contributed by atoms with Gasteiger partial charge in [0.1, 0.15) is 0 Å². The second-order valence-electron chi connectivity index (χ2n) is 3.70. The van der Waals surface area contributed by atoms with E-state index in [1.54, 1.807) is 6.20 Å². The zero-order valence-corrected chi connectivity index (χ0v) is 11.0.